The van der Waals surface area contributed by atoms with Gasteiger partial charge in [0.05, 0.1) is 11.8 Å². The number of nitrogens with one attached hydrogen (secondary N) is 1. The lowest BCUT2D eigenvalue weighted by Gasteiger charge is -2.34. The Bertz CT molecular complexity index is 759. The maximum atomic E-state index is 13.6. The average molecular weight is 371 g/mol. The molecule has 1 aliphatic heterocycles. The standard InChI is InChI=1S/C21H26FN3O2/c1-16(2)27-20-9-8-18(22)14-19(20)23-21(26)25-12-10-24(11-13-25)15-17-6-4-3-5-7-17/h3-9,14,16H,10-13,15H2,1-2H3,(H,23,26). The van der Waals surface area contributed by atoms with E-state index >= 15 is 0 Å². The third-order valence-corrected chi connectivity index (χ3v) is 4.45. The van der Waals surface area contributed by atoms with Crippen molar-refractivity contribution in [2.45, 2.75) is 26.5 Å². The molecule has 1 saturated heterocycles. The molecule has 0 aliphatic carbocycles. The molecule has 1 fully saturated rings. The molecular weight excluding hydrogens is 345 g/mol. The van der Waals surface area contributed by atoms with Gasteiger partial charge in [-0.25, -0.2) is 9.18 Å². The van der Waals surface area contributed by atoms with Gasteiger partial charge in [-0.05, 0) is 31.5 Å². The quantitative estimate of drug-likeness (QED) is 0.865. The lowest BCUT2D eigenvalue weighted by molar-refractivity contribution is 0.143. The number of piperazine rings is 1. The zero-order valence-corrected chi connectivity index (χ0v) is 15.8. The highest BCUT2D eigenvalue weighted by Gasteiger charge is 2.22. The van der Waals surface area contributed by atoms with Crippen LogP contribution >= 0.6 is 0 Å². The zero-order valence-electron chi connectivity index (χ0n) is 15.8. The van der Waals surface area contributed by atoms with Gasteiger partial charge in [0.25, 0.3) is 0 Å². The number of anilines is 1. The molecule has 0 unspecified atom stereocenters. The molecular formula is C21H26FN3O2. The van der Waals surface area contributed by atoms with Gasteiger partial charge < -0.3 is 15.0 Å². The normalized spacial score (nSPS) is 15.0. The van der Waals surface area contributed by atoms with Gasteiger partial charge in [-0.3, -0.25) is 4.90 Å². The summed E-state index contributed by atoms with van der Waals surface area (Å²) in [6.07, 6.45) is -0.0624. The van der Waals surface area contributed by atoms with Crippen molar-refractivity contribution in [3.05, 3.63) is 59.9 Å². The lowest BCUT2D eigenvalue weighted by atomic mass is 10.2. The molecule has 1 N–H and O–H groups in total. The largest absolute Gasteiger partial charge is 0.489 e. The molecule has 1 aliphatic rings. The van der Waals surface area contributed by atoms with Crippen molar-refractivity contribution in [2.75, 3.05) is 31.5 Å². The second-order valence-electron chi connectivity index (χ2n) is 6.99. The molecule has 2 aromatic rings. The van der Waals surface area contributed by atoms with E-state index in [0.29, 0.717) is 24.5 Å². The molecule has 0 bridgehead atoms. The van der Waals surface area contributed by atoms with Gasteiger partial charge in [-0.1, -0.05) is 30.3 Å². The molecule has 2 amide bonds. The second kappa shape index (κ2) is 8.86. The van der Waals surface area contributed by atoms with Gasteiger partial charge >= 0.3 is 6.03 Å². The first kappa shape index (κ1) is 19.2. The summed E-state index contributed by atoms with van der Waals surface area (Å²) in [6.45, 7) is 7.54. The topological polar surface area (TPSA) is 44.8 Å². The summed E-state index contributed by atoms with van der Waals surface area (Å²) in [7, 11) is 0. The van der Waals surface area contributed by atoms with Crippen molar-refractivity contribution in [2.24, 2.45) is 0 Å². The van der Waals surface area contributed by atoms with Crippen LogP contribution in [0.4, 0.5) is 14.9 Å². The van der Waals surface area contributed by atoms with Crippen molar-refractivity contribution in [3.63, 3.8) is 0 Å². The van der Waals surface area contributed by atoms with E-state index in [4.69, 9.17) is 4.74 Å². The smallest absolute Gasteiger partial charge is 0.322 e. The summed E-state index contributed by atoms with van der Waals surface area (Å²) in [5, 5.41) is 2.79. The third-order valence-electron chi connectivity index (χ3n) is 4.45. The Morgan fingerprint density at radius 2 is 1.81 bits per heavy atom. The van der Waals surface area contributed by atoms with Gasteiger partial charge in [-0.15, -0.1) is 0 Å². The Kier molecular flexibility index (Phi) is 6.29. The van der Waals surface area contributed by atoms with Crippen LogP contribution in [-0.2, 0) is 6.54 Å². The number of rotatable bonds is 5. The SMILES string of the molecule is CC(C)Oc1ccc(F)cc1NC(=O)N1CCN(Cc2ccccc2)CC1. The first-order valence-corrected chi connectivity index (χ1v) is 9.29. The van der Waals surface area contributed by atoms with Crippen LogP contribution in [0.1, 0.15) is 19.4 Å². The number of carbonyl (C=O) groups is 1. The van der Waals surface area contributed by atoms with Crippen LogP contribution in [0.3, 0.4) is 0 Å². The Labute approximate surface area is 159 Å². The maximum absolute atomic E-state index is 13.6. The van der Waals surface area contributed by atoms with E-state index in [1.54, 1.807) is 11.0 Å². The second-order valence-corrected chi connectivity index (χ2v) is 6.99. The molecule has 0 aromatic heterocycles. The molecule has 2 aromatic carbocycles. The predicted molar refractivity (Wildman–Crippen MR) is 104 cm³/mol. The fourth-order valence-corrected chi connectivity index (χ4v) is 3.10. The minimum Gasteiger partial charge on any atom is -0.489 e. The Balaban J connectivity index is 1.56. The highest BCUT2D eigenvalue weighted by Crippen LogP contribution is 2.27. The van der Waals surface area contributed by atoms with Crippen LogP contribution in [0.25, 0.3) is 0 Å². The van der Waals surface area contributed by atoms with E-state index < -0.39 is 5.82 Å². The van der Waals surface area contributed by atoms with E-state index in [9.17, 15) is 9.18 Å². The van der Waals surface area contributed by atoms with Crippen LogP contribution in [0.15, 0.2) is 48.5 Å². The van der Waals surface area contributed by atoms with Gasteiger partial charge in [-0.2, -0.15) is 0 Å². The maximum Gasteiger partial charge on any atom is 0.322 e. The summed E-state index contributed by atoms with van der Waals surface area (Å²) in [5.41, 5.74) is 1.63. The number of benzene rings is 2. The van der Waals surface area contributed by atoms with Gasteiger partial charge in [0.1, 0.15) is 11.6 Å². The van der Waals surface area contributed by atoms with Gasteiger partial charge in [0.15, 0.2) is 0 Å². The number of urea groups is 1. The lowest BCUT2D eigenvalue weighted by Crippen LogP contribution is -2.49. The van der Waals surface area contributed by atoms with Crippen LogP contribution in [0, 0.1) is 5.82 Å². The van der Waals surface area contributed by atoms with Crippen molar-refractivity contribution < 1.29 is 13.9 Å². The zero-order chi connectivity index (χ0) is 19.2. The fraction of sp³-hybridized carbons (Fsp3) is 0.381. The average Bonchev–Trinajstić information content (AvgIpc) is 2.65. The Morgan fingerprint density at radius 3 is 2.48 bits per heavy atom. The van der Waals surface area contributed by atoms with Crippen molar-refractivity contribution in [1.29, 1.82) is 0 Å². The van der Waals surface area contributed by atoms with E-state index in [1.165, 1.54) is 17.7 Å². The van der Waals surface area contributed by atoms with Gasteiger partial charge in [0.2, 0.25) is 0 Å². The molecule has 27 heavy (non-hydrogen) atoms. The molecule has 0 spiro atoms. The molecule has 144 valence electrons. The van der Waals surface area contributed by atoms with Crippen LogP contribution in [0.2, 0.25) is 0 Å². The number of halogens is 1. The van der Waals surface area contributed by atoms with Crippen LogP contribution < -0.4 is 10.1 Å². The van der Waals surface area contributed by atoms with Crippen LogP contribution in [-0.4, -0.2) is 48.1 Å². The van der Waals surface area contributed by atoms with Crippen molar-refractivity contribution >= 4 is 11.7 Å². The summed E-state index contributed by atoms with van der Waals surface area (Å²) >= 11 is 0. The number of ether oxygens (including phenoxy) is 1. The highest BCUT2D eigenvalue weighted by atomic mass is 19.1. The fourth-order valence-electron chi connectivity index (χ4n) is 3.10. The third kappa shape index (κ3) is 5.44. The minimum absolute atomic E-state index is 0.0624. The molecule has 1 heterocycles. The number of nitrogens with zero attached hydrogens (tertiary/aromatic N) is 2. The molecule has 0 atom stereocenters. The van der Waals surface area contributed by atoms with Gasteiger partial charge in [0, 0.05) is 38.8 Å². The van der Waals surface area contributed by atoms with E-state index in [1.807, 2.05) is 32.0 Å². The molecule has 5 nitrogen and oxygen atoms in total. The molecule has 0 radical (unpaired) electrons. The number of carbonyl (C=O) groups excluding carboxylic acids is 1. The van der Waals surface area contributed by atoms with Crippen molar-refractivity contribution in [3.8, 4) is 5.75 Å². The van der Waals surface area contributed by atoms with E-state index in [0.717, 1.165) is 19.6 Å². The monoisotopic (exact) mass is 371 g/mol. The summed E-state index contributed by atoms with van der Waals surface area (Å²) in [4.78, 5) is 16.7. The van der Waals surface area contributed by atoms with Crippen LogP contribution in [0.5, 0.6) is 5.75 Å². The van der Waals surface area contributed by atoms with E-state index in [2.05, 4.69) is 22.3 Å². The number of amides is 2. The number of hydrogen-bond acceptors (Lipinski definition) is 3. The molecule has 0 saturated carbocycles. The predicted octanol–water partition coefficient (Wildman–Crippen LogP) is 3.96. The summed E-state index contributed by atoms with van der Waals surface area (Å²) in [5.74, 6) is 0.0663. The Morgan fingerprint density at radius 1 is 1.11 bits per heavy atom. The molecule has 3 rings (SSSR count). The first-order chi connectivity index (χ1) is 13.0. The first-order valence-electron chi connectivity index (χ1n) is 9.29. The minimum atomic E-state index is -0.408. The summed E-state index contributed by atoms with van der Waals surface area (Å²) < 4.78 is 19.3. The highest BCUT2D eigenvalue weighted by molar-refractivity contribution is 5.91. The Hall–Kier alpha value is -2.60. The van der Waals surface area contributed by atoms with Crippen molar-refractivity contribution in [1.82, 2.24) is 9.80 Å². The van der Waals surface area contributed by atoms with E-state index in [-0.39, 0.29) is 12.1 Å². The number of hydrogen-bond donors (Lipinski definition) is 1. The summed E-state index contributed by atoms with van der Waals surface area (Å²) in [6, 6.07) is 14.2. The molecule has 6 heteroatoms.